The molecule has 7 aromatic rings. The minimum atomic E-state index is 0.0881. The fourth-order valence-corrected chi connectivity index (χ4v) is 16.9. The zero-order chi connectivity index (χ0) is 41.0. The smallest absolute Gasteiger partial charge is 0.0543 e. The van der Waals surface area contributed by atoms with Crippen LogP contribution in [0, 0.1) is 40.9 Å². The van der Waals surface area contributed by atoms with Gasteiger partial charge in [-0.25, -0.2) is 0 Å². The average molecular weight is 804 g/mol. The molecular weight excluding hydrogens is 747 g/mol. The number of nitrogens with zero attached hydrogens (tertiary/aromatic N) is 1. The van der Waals surface area contributed by atoms with Crippen molar-refractivity contribution in [3.8, 4) is 33.4 Å². The lowest BCUT2D eigenvalue weighted by Gasteiger charge is -2.55. The Bertz CT molecular complexity index is 2970. The molecule has 0 aliphatic heterocycles. The van der Waals surface area contributed by atoms with Gasteiger partial charge in [0.25, 0.3) is 0 Å². The van der Waals surface area contributed by atoms with Crippen LogP contribution in [0.4, 0.5) is 17.1 Å². The van der Waals surface area contributed by atoms with Crippen LogP contribution in [0.25, 0.3) is 44.2 Å². The number of anilines is 3. The first-order chi connectivity index (χ1) is 30.5. The van der Waals surface area contributed by atoms with Crippen molar-refractivity contribution in [3.05, 3.63) is 174 Å². The second-order valence-corrected chi connectivity index (χ2v) is 21.2. The standard InChI is InChI=1S/C61H57N/c1-3-39-31-43-17-12-18-44(32-39)60(43)52-24-8-7-22-51(52)58-54(60)26-13-27-56(58)62(45-19-10-16-42(34-45)48-23-11-15-41-14-4-5-20-47(41)48)46-28-29-50-49-21-6-9-25-53(49)61(55(50)35-46)57-33-40-30-38(2)36-59(57,61)37-40/h4-11,13-16,19-29,34-35,38-40,43-44,57H,3,12,17-18,30-33,36-37H2,1-2H3. The lowest BCUT2D eigenvalue weighted by Crippen LogP contribution is -2.49. The molecule has 0 amide bonds. The highest BCUT2D eigenvalue weighted by Crippen LogP contribution is 2.87. The summed E-state index contributed by atoms with van der Waals surface area (Å²) >= 11 is 0. The van der Waals surface area contributed by atoms with E-state index < -0.39 is 0 Å². The van der Waals surface area contributed by atoms with Crippen molar-refractivity contribution in [2.75, 3.05) is 4.90 Å². The minimum absolute atomic E-state index is 0.0881. The van der Waals surface area contributed by atoms with E-state index in [0.717, 1.165) is 23.7 Å². The van der Waals surface area contributed by atoms with Crippen molar-refractivity contribution in [1.82, 2.24) is 0 Å². The fraction of sp³-hybridized carbons (Fsp3) is 0.344. The first kappa shape index (κ1) is 36.1. The lowest BCUT2D eigenvalue weighted by atomic mass is 9.49. The van der Waals surface area contributed by atoms with Crippen LogP contribution in [0.1, 0.15) is 100 Å². The van der Waals surface area contributed by atoms with Crippen LogP contribution in [0.2, 0.25) is 0 Å². The van der Waals surface area contributed by atoms with Crippen molar-refractivity contribution < 1.29 is 0 Å². The van der Waals surface area contributed by atoms with Crippen LogP contribution in [0.5, 0.6) is 0 Å². The molecular formula is C61H57N. The summed E-state index contributed by atoms with van der Waals surface area (Å²) in [7, 11) is 0. The lowest BCUT2D eigenvalue weighted by molar-refractivity contribution is 0.0492. The second kappa shape index (κ2) is 12.8. The van der Waals surface area contributed by atoms with Crippen LogP contribution in [0.15, 0.2) is 152 Å². The van der Waals surface area contributed by atoms with E-state index in [1.165, 1.54) is 125 Å². The highest BCUT2D eigenvalue weighted by molar-refractivity contribution is 6.00. The first-order valence-corrected chi connectivity index (χ1v) is 24.4. The van der Waals surface area contributed by atoms with Crippen LogP contribution in [0.3, 0.4) is 0 Å². The van der Waals surface area contributed by atoms with E-state index in [4.69, 9.17) is 0 Å². The molecule has 62 heavy (non-hydrogen) atoms. The molecule has 7 aromatic carbocycles. The molecule has 5 saturated carbocycles. The summed E-state index contributed by atoms with van der Waals surface area (Å²) in [5.74, 6) is 4.67. The van der Waals surface area contributed by atoms with Gasteiger partial charge in [-0.1, -0.05) is 148 Å². The van der Waals surface area contributed by atoms with Crippen molar-refractivity contribution in [2.45, 2.75) is 88.9 Å². The van der Waals surface area contributed by atoms with Crippen molar-refractivity contribution in [2.24, 2.45) is 40.9 Å². The molecule has 0 radical (unpaired) electrons. The largest absolute Gasteiger partial charge is 0.310 e. The Morgan fingerprint density at radius 1 is 0.565 bits per heavy atom. The Hall–Kier alpha value is -5.40. The van der Waals surface area contributed by atoms with E-state index >= 15 is 0 Å². The summed E-state index contributed by atoms with van der Waals surface area (Å²) < 4.78 is 0. The van der Waals surface area contributed by atoms with Gasteiger partial charge in [0, 0.05) is 27.8 Å². The molecule has 7 aliphatic carbocycles. The van der Waals surface area contributed by atoms with E-state index in [2.05, 4.69) is 170 Å². The molecule has 306 valence electrons. The van der Waals surface area contributed by atoms with Gasteiger partial charge in [-0.15, -0.1) is 0 Å². The van der Waals surface area contributed by atoms with Gasteiger partial charge in [-0.3, -0.25) is 0 Å². The van der Waals surface area contributed by atoms with E-state index in [0.29, 0.717) is 17.3 Å². The molecule has 0 heterocycles. The molecule has 7 unspecified atom stereocenters. The molecule has 7 atom stereocenters. The highest BCUT2D eigenvalue weighted by Gasteiger charge is 2.82. The van der Waals surface area contributed by atoms with Crippen molar-refractivity contribution in [1.29, 1.82) is 0 Å². The Kier molecular flexibility index (Phi) is 7.48. The Morgan fingerprint density at radius 2 is 1.26 bits per heavy atom. The van der Waals surface area contributed by atoms with E-state index in [9.17, 15) is 0 Å². The quantitative estimate of drug-likeness (QED) is 0.168. The summed E-state index contributed by atoms with van der Waals surface area (Å²) in [6.07, 6.45) is 13.7. The Morgan fingerprint density at radius 3 is 2.13 bits per heavy atom. The predicted octanol–water partition coefficient (Wildman–Crippen LogP) is 16.2. The maximum absolute atomic E-state index is 2.71. The minimum Gasteiger partial charge on any atom is -0.310 e. The summed E-state index contributed by atoms with van der Waals surface area (Å²) in [6, 6.07) is 59.7. The number of hydrogen-bond acceptors (Lipinski definition) is 1. The van der Waals surface area contributed by atoms with Crippen LogP contribution in [-0.4, -0.2) is 0 Å². The predicted molar refractivity (Wildman–Crippen MR) is 257 cm³/mol. The molecule has 1 heteroatoms. The van der Waals surface area contributed by atoms with Crippen LogP contribution >= 0.6 is 0 Å². The zero-order valence-corrected chi connectivity index (χ0v) is 36.4. The molecule has 1 nitrogen and oxygen atoms in total. The van der Waals surface area contributed by atoms with E-state index in [1.54, 1.807) is 22.3 Å². The van der Waals surface area contributed by atoms with Gasteiger partial charge >= 0.3 is 0 Å². The molecule has 7 aliphatic rings. The summed E-state index contributed by atoms with van der Waals surface area (Å²) in [5, 5.41) is 2.59. The van der Waals surface area contributed by atoms with Gasteiger partial charge in [0.2, 0.25) is 0 Å². The molecule has 0 saturated heterocycles. The van der Waals surface area contributed by atoms with Crippen LogP contribution in [-0.2, 0) is 10.8 Å². The molecule has 14 rings (SSSR count). The molecule has 3 spiro atoms. The normalized spacial score (nSPS) is 31.4. The highest BCUT2D eigenvalue weighted by atomic mass is 15.1. The van der Waals surface area contributed by atoms with Gasteiger partial charge in [-0.05, 0) is 183 Å². The number of fused-ring (bicyclic) bond motifs is 11. The Labute approximate surface area is 368 Å². The van der Waals surface area contributed by atoms with Gasteiger partial charge in [0.1, 0.15) is 0 Å². The van der Waals surface area contributed by atoms with Crippen LogP contribution < -0.4 is 4.90 Å². The average Bonchev–Trinajstić information content (AvgIpc) is 3.51. The summed E-state index contributed by atoms with van der Waals surface area (Å²) in [6.45, 7) is 4.99. The Balaban J connectivity index is 1.01. The fourth-order valence-electron chi connectivity index (χ4n) is 16.9. The monoisotopic (exact) mass is 803 g/mol. The number of benzene rings is 7. The molecule has 4 bridgehead atoms. The third-order valence-electron chi connectivity index (χ3n) is 18.7. The van der Waals surface area contributed by atoms with Gasteiger partial charge < -0.3 is 4.90 Å². The van der Waals surface area contributed by atoms with Crippen molar-refractivity contribution >= 4 is 27.8 Å². The third-order valence-corrected chi connectivity index (χ3v) is 18.7. The second-order valence-electron chi connectivity index (χ2n) is 21.2. The van der Waals surface area contributed by atoms with Gasteiger partial charge in [-0.2, -0.15) is 0 Å². The molecule has 0 N–H and O–H groups in total. The first-order valence-electron chi connectivity index (χ1n) is 24.4. The number of rotatable bonds is 5. The zero-order valence-electron chi connectivity index (χ0n) is 36.4. The summed E-state index contributed by atoms with van der Waals surface area (Å²) in [4.78, 5) is 2.70. The SMILES string of the molecule is CCC1CC2CCCC(C1)C21c2ccccc2-c2c(N(c3cccc(-c4cccc5ccccc45)c3)c3ccc4c(c3)C3(c5ccccc5-4)C4CC5CC(C)CC43C5)cccc21. The van der Waals surface area contributed by atoms with Crippen molar-refractivity contribution in [3.63, 3.8) is 0 Å². The number of hydrogen-bond donors (Lipinski definition) is 0. The van der Waals surface area contributed by atoms with Gasteiger partial charge in [0.15, 0.2) is 0 Å². The topological polar surface area (TPSA) is 3.24 Å². The van der Waals surface area contributed by atoms with E-state index in [1.807, 2.05) is 0 Å². The molecule has 0 aromatic heterocycles. The van der Waals surface area contributed by atoms with Gasteiger partial charge in [0.05, 0.1) is 5.69 Å². The summed E-state index contributed by atoms with van der Waals surface area (Å²) in [5.41, 5.74) is 19.4. The maximum Gasteiger partial charge on any atom is 0.0543 e. The third kappa shape index (κ3) is 4.46. The maximum atomic E-state index is 2.71. The molecule has 5 fully saturated rings. The van der Waals surface area contributed by atoms with E-state index in [-0.39, 0.29) is 10.8 Å².